The van der Waals surface area contributed by atoms with Gasteiger partial charge in [-0.3, -0.25) is 0 Å². The van der Waals surface area contributed by atoms with E-state index in [0.29, 0.717) is 0 Å². The topological polar surface area (TPSA) is 3.24 Å². The van der Waals surface area contributed by atoms with E-state index in [1.54, 1.807) is 0 Å². The molecular weight excluding hydrogens is 184 g/mol. The Balaban J connectivity index is 3.57. The molecule has 0 amide bonds. The fraction of sp³-hybridized carbons (Fsp3) is 1.00. The fourth-order valence-electron chi connectivity index (χ4n) is 1.85. The molecule has 15 heavy (non-hydrogen) atoms. The highest BCUT2D eigenvalue weighted by molar-refractivity contribution is 4.47. The van der Waals surface area contributed by atoms with Crippen molar-refractivity contribution in [3.63, 3.8) is 0 Å². The molecule has 2 nitrogen and oxygen atoms in total. The SMILES string of the molecule is CC(C)CCC[N+](C)(C)CCCN(C)C. The molecule has 0 spiro atoms. The van der Waals surface area contributed by atoms with Crippen molar-refractivity contribution < 1.29 is 4.48 Å². The van der Waals surface area contributed by atoms with Crippen LogP contribution in [-0.4, -0.2) is 57.2 Å². The van der Waals surface area contributed by atoms with Crippen LogP contribution in [0.1, 0.15) is 33.1 Å². The van der Waals surface area contributed by atoms with Crippen LogP contribution >= 0.6 is 0 Å². The van der Waals surface area contributed by atoms with Crippen LogP contribution in [-0.2, 0) is 0 Å². The fourth-order valence-corrected chi connectivity index (χ4v) is 1.85. The standard InChI is InChI=1S/C13H31N2/c1-13(2)9-7-11-15(5,6)12-8-10-14(3)4/h13H,7-12H2,1-6H3/q+1. The first-order valence-electron chi connectivity index (χ1n) is 6.30. The third-order valence-corrected chi connectivity index (χ3v) is 2.91. The molecule has 0 N–H and O–H groups in total. The summed E-state index contributed by atoms with van der Waals surface area (Å²) in [5, 5.41) is 0. The van der Waals surface area contributed by atoms with Gasteiger partial charge in [-0.25, -0.2) is 0 Å². The molecule has 0 atom stereocenters. The second-order valence-electron chi connectivity index (χ2n) is 6.08. The Bertz CT molecular complexity index is 135. The average molecular weight is 215 g/mol. The van der Waals surface area contributed by atoms with Crippen molar-refractivity contribution in [1.82, 2.24) is 4.90 Å². The Kier molecular flexibility index (Phi) is 7.20. The van der Waals surface area contributed by atoms with Crippen molar-refractivity contribution in [2.75, 3.05) is 47.8 Å². The van der Waals surface area contributed by atoms with E-state index in [1.165, 1.54) is 43.4 Å². The molecule has 0 radical (unpaired) electrons. The average Bonchev–Trinajstić information content (AvgIpc) is 2.01. The molecule has 92 valence electrons. The van der Waals surface area contributed by atoms with Crippen LogP contribution in [0.15, 0.2) is 0 Å². The molecule has 0 aliphatic rings. The van der Waals surface area contributed by atoms with Gasteiger partial charge in [-0.2, -0.15) is 0 Å². The first-order valence-corrected chi connectivity index (χ1v) is 6.30. The number of hydrogen-bond acceptors (Lipinski definition) is 1. The van der Waals surface area contributed by atoms with E-state index in [9.17, 15) is 0 Å². The zero-order chi connectivity index (χ0) is 11.9. The quantitative estimate of drug-likeness (QED) is 0.562. The zero-order valence-corrected chi connectivity index (χ0v) is 11.7. The van der Waals surface area contributed by atoms with Crippen molar-refractivity contribution in [3.8, 4) is 0 Å². The summed E-state index contributed by atoms with van der Waals surface area (Å²) in [7, 11) is 9.02. The lowest BCUT2D eigenvalue weighted by Crippen LogP contribution is -2.42. The summed E-state index contributed by atoms with van der Waals surface area (Å²) in [6.45, 7) is 8.46. The highest BCUT2D eigenvalue weighted by Gasteiger charge is 2.14. The minimum absolute atomic E-state index is 0.853. The smallest absolute Gasteiger partial charge is 0.0794 e. The van der Waals surface area contributed by atoms with Crippen LogP contribution in [0.5, 0.6) is 0 Å². The van der Waals surface area contributed by atoms with Gasteiger partial charge in [0.25, 0.3) is 0 Å². The maximum Gasteiger partial charge on any atom is 0.0794 e. The van der Waals surface area contributed by atoms with Crippen LogP contribution < -0.4 is 0 Å². The van der Waals surface area contributed by atoms with Gasteiger partial charge in [0.1, 0.15) is 0 Å². The number of rotatable bonds is 8. The van der Waals surface area contributed by atoms with E-state index in [4.69, 9.17) is 0 Å². The van der Waals surface area contributed by atoms with Crippen molar-refractivity contribution in [2.24, 2.45) is 5.92 Å². The van der Waals surface area contributed by atoms with E-state index in [0.717, 1.165) is 5.92 Å². The Morgan fingerprint density at radius 2 is 1.53 bits per heavy atom. The van der Waals surface area contributed by atoms with Gasteiger partial charge in [0, 0.05) is 13.0 Å². The summed E-state index contributed by atoms with van der Waals surface area (Å²) in [6, 6.07) is 0. The van der Waals surface area contributed by atoms with Gasteiger partial charge in [0.15, 0.2) is 0 Å². The summed E-state index contributed by atoms with van der Waals surface area (Å²) in [5.41, 5.74) is 0. The third kappa shape index (κ3) is 10.2. The highest BCUT2D eigenvalue weighted by Crippen LogP contribution is 2.08. The van der Waals surface area contributed by atoms with E-state index < -0.39 is 0 Å². The lowest BCUT2D eigenvalue weighted by molar-refractivity contribution is -0.890. The minimum atomic E-state index is 0.853. The van der Waals surface area contributed by atoms with E-state index >= 15 is 0 Å². The molecular formula is C13H31N2+. The van der Waals surface area contributed by atoms with E-state index in [1.807, 2.05) is 0 Å². The van der Waals surface area contributed by atoms with Crippen LogP contribution in [0, 0.1) is 5.92 Å². The van der Waals surface area contributed by atoms with Crippen molar-refractivity contribution >= 4 is 0 Å². The monoisotopic (exact) mass is 215 g/mol. The third-order valence-electron chi connectivity index (χ3n) is 2.91. The molecule has 0 fully saturated rings. The van der Waals surface area contributed by atoms with Crippen molar-refractivity contribution in [2.45, 2.75) is 33.1 Å². The second-order valence-corrected chi connectivity index (χ2v) is 6.08. The maximum atomic E-state index is 2.36. The van der Waals surface area contributed by atoms with Crippen LogP contribution in [0.3, 0.4) is 0 Å². The summed E-state index contributed by atoms with van der Waals surface area (Å²) in [6.07, 6.45) is 4.05. The molecule has 0 heterocycles. The molecule has 0 rings (SSSR count). The van der Waals surface area contributed by atoms with E-state index in [-0.39, 0.29) is 0 Å². The molecule has 0 aliphatic heterocycles. The van der Waals surface area contributed by atoms with Gasteiger partial charge in [-0.05, 0) is 32.9 Å². The van der Waals surface area contributed by atoms with Gasteiger partial charge in [-0.1, -0.05) is 13.8 Å². The van der Waals surface area contributed by atoms with Crippen LogP contribution in [0.25, 0.3) is 0 Å². The zero-order valence-electron chi connectivity index (χ0n) is 11.7. The van der Waals surface area contributed by atoms with Crippen LogP contribution in [0.4, 0.5) is 0 Å². The second kappa shape index (κ2) is 7.24. The van der Waals surface area contributed by atoms with Gasteiger partial charge in [-0.15, -0.1) is 0 Å². The molecule has 2 heteroatoms. The van der Waals surface area contributed by atoms with Gasteiger partial charge in [0.2, 0.25) is 0 Å². The summed E-state index contributed by atoms with van der Waals surface area (Å²) >= 11 is 0. The summed E-state index contributed by atoms with van der Waals surface area (Å²) in [4.78, 5) is 2.27. The molecule has 0 aromatic carbocycles. The Labute approximate surface area is 96.8 Å². The molecule has 0 aliphatic carbocycles. The number of quaternary nitrogens is 1. The normalized spacial score (nSPS) is 12.8. The lowest BCUT2D eigenvalue weighted by Gasteiger charge is -2.30. The first kappa shape index (κ1) is 14.9. The number of nitrogens with zero attached hydrogens (tertiary/aromatic N) is 2. The van der Waals surface area contributed by atoms with Crippen molar-refractivity contribution in [3.05, 3.63) is 0 Å². The highest BCUT2D eigenvalue weighted by atomic mass is 15.3. The predicted molar refractivity (Wildman–Crippen MR) is 69.1 cm³/mol. The molecule has 0 aromatic rings. The summed E-state index contributed by atoms with van der Waals surface area (Å²) < 4.78 is 1.18. The lowest BCUT2D eigenvalue weighted by atomic mass is 10.1. The largest absolute Gasteiger partial charge is 0.328 e. The van der Waals surface area contributed by atoms with E-state index in [2.05, 4.69) is 46.9 Å². The predicted octanol–water partition coefficient (Wildman–Crippen LogP) is 2.45. The van der Waals surface area contributed by atoms with Gasteiger partial charge >= 0.3 is 0 Å². The minimum Gasteiger partial charge on any atom is -0.328 e. The Morgan fingerprint density at radius 3 is 2.00 bits per heavy atom. The molecule has 0 saturated carbocycles. The van der Waals surface area contributed by atoms with Crippen LogP contribution in [0.2, 0.25) is 0 Å². The summed E-state index contributed by atoms with van der Waals surface area (Å²) in [5.74, 6) is 0.853. The Hall–Kier alpha value is -0.0800. The number of hydrogen-bond donors (Lipinski definition) is 0. The van der Waals surface area contributed by atoms with Crippen molar-refractivity contribution in [1.29, 1.82) is 0 Å². The van der Waals surface area contributed by atoms with Gasteiger partial charge in [0.05, 0.1) is 27.2 Å². The molecule has 0 aromatic heterocycles. The molecule has 0 bridgehead atoms. The van der Waals surface area contributed by atoms with Gasteiger partial charge < -0.3 is 9.38 Å². The first-order chi connectivity index (χ1) is 6.83. The molecule has 0 saturated heterocycles. The Morgan fingerprint density at radius 1 is 1.00 bits per heavy atom. The maximum absolute atomic E-state index is 2.36. The molecule has 0 unspecified atom stereocenters.